The van der Waals surface area contributed by atoms with E-state index < -0.39 is 0 Å². The number of benzene rings is 3. The minimum atomic E-state index is -0.305. The molecule has 32 heavy (non-hydrogen) atoms. The van der Waals surface area contributed by atoms with Crippen molar-refractivity contribution in [3.05, 3.63) is 101 Å². The van der Waals surface area contributed by atoms with Crippen molar-refractivity contribution in [1.82, 2.24) is 9.78 Å². The normalized spacial score (nSPS) is 10.9. The number of aryl methyl sites for hydroxylation is 1. The molecule has 2 heterocycles. The summed E-state index contributed by atoms with van der Waals surface area (Å²) in [5.74, 6) is 0.930. The topological polar surface area (TPSA) is 56.2 Å². The van der Waals surface area contributed by atoms with E-state index in [1.54, 1.807) is 28.9 Å². The average Bonchev–Trinajstić information content (AvgIpc) is 3.37. The Morgan fingerprint density at radius 1 is 0.969 bits per heavy atom. The SMILES string of the molecule is Cc1nn(-c2ccc(F)cc2)c2sc(C(=O)Nc3ccc(Oc4ccccc4)cc3)cc12. The molecule has 0 unspecified atom stereocenters. The molecule has 3 aromatic carbocycles. The van der Waals surface area contributed by atoms with Gasteiger partial charge in [-0.25, -0.2) is 9.07 Å². The van der Waals surface area contributed by atoms with Gasteiger partial charge in [-0.15, -0.1) is 11.3 Å². The molecule has 0 fully saturated rings. The molecule has 0 aliphatic carbocycles. The van der Waals surface area contributed by atoms with E-state index in [1.165, 1.54) is 23.5 Å². The number of para-hydroxylation sites is 1. The summed E-state index contributed by atoms with van der Waals surface area (Å²) in [6.07, 6.45) is 0. The van der Waals surface area contributed by atoms with Crippen LogP contribution in [0.4, 0.5) is 10.1 Å². The number of hydrogen-bond donors (Lipinski definition) is 1. The second-order valence-corrected chi connectivity index (χ2v) is 8.23. The van der Waals surface area contributed by atoms with Crippen molar-refractivity contribution in [2.75, 3.05) is 5.32 Å². The van der Waals surface area contributed by atoms with Crippen LogP contribution in [0.5, 0.6) is 11.5 Å². The lowest BCUT2D eigenvalue weighted by atomic mass is 10.2. The van der Waals surface area contributed by atoms with Crippen molar-refractivity contribution in [1.29, 1.82) is 0 Å². The summed E-state index contributed by atoms with van der Waals surface area (Å²) in [6, 6.07) is 24.7. The molecule has 1 amide bonds. The fourth-order valence-electron chi connectivity index (χ4n) is 3.34. The van der Waals surface area contributed by atoms with E-state index in [0.29, 0.717) is 16.3 Å². The first-order valence-corrected chi connectivity index (χ1v) is 10.8. The highest BCUT2D eigenvalue weighted by Gasteiger charge is 2.17. The van der Waals surface area contributed by atoms with E-state index in [-0.39, 0.29) is 11.7 Å². The standard InChI is InChI=1S/C25H18FN3O2S/c1-16-22-15-23(32-25(22)29(28-16)19-11-7-17(26)8-12-19)24(30)27-18-9-13-21(14-10-18)31-20-5-3-2-4-6-20/h2-15H,1H3,(H,27,30). The molecule has 0 radical (unpaired) electrons. The molecule has 0 spiro atoms. The van der Waals surface area contributed by atoms with Gasteiger partial charge in [0, 0.05) is 11.1 Å². The third kappa shape index (κ3) is 3.98. The number of anilines is 1. The average molecular weight is 444 g/mol. The van der Waals surface area contributed by atoms with Gasteiger partial charge in [0.05, 0.1) is 16.3 Å². The number of halogens is 1. The maximum Gasteiger partial charge on any atom is 0.265 e. The van der Waals surface area contributed by atoms with Crippen LogP contribution in [0, 0.1) is 12.7 Å². The molecular weight excluding hydrogens is 425 g/mol. The quantitative estimate of drug-likeness (QED) is 0.334. The van der Waals surface area contributed by atoms with Crippen LogP contribution in [0.3, 0.4) is 0 Å². The van der Waals surface area contributed by atoms with Gasteiger partial charge >= 0.3 is 0 Å². The van der Waals surface area contributed by atoms with E-state index >= 15 is 0 Å². The van der Waals surface area contributed by atoms with Crippen LogP contribution in [-0.4, -0.2) is 15.7 Å². The lowest BCUT2D eigenvalue weighted by molar-refractivity contribution is 0.103. The van der Waals surface area contributed by atoms with E-state index in [2.05, 4.69) is 10.4 Å². The summed E-state index contributed by atoms with van der Waals surface area (Å²) in [4.78, 5) is 14.3. The molecule has 0 saturated carbocycles. The summed E-state index contributed by atoms with van der Waals surface area (Å²) in [5, 5.41) is 8.36. The molecule has 0 saturated heterocycles. The van der Waals surface area contributed by atoms with E-state index in [1.807, 2.05) is 55.5 Å². The lowest BCUT2D eigenvalue weighted by Crippen LogP contribution is -2.10. The first-order valence-electron chi connectivity index (χ1n) is 9.96. The highest BCUT2D eigenvalue weighted by Crippen LogP contribution is 2.31. The highest BCUT2D eigenvalue weighted by atomic mass is 32.1. The van der Waals surface area contributed by atoms with Crippen LogP contribution in [0.25, 0.3) is 15.9 Å². The van der Waals surface area contributed by atoms with Crippen LogP contribution >= 0.6 is 11.3 Å². The first kappa shape index (κ1) is 20.0. The predicted octanol–water partition coefficient (Wildman–Crippen LogP) is 6.58. The fourth-order valence-corrected chi connectivity index (χ4v) is 4.42. The van der Waals surface area contributed by atoms with Gasteiger partial charge < -0.3 is 10.1 Å². The van der Waals surface area contributed by atoms with Crippen molar-refractivity contribution in [3.8, 4) is 17.2 Å². The molecule has 1 N–H and O–H groups in total. The maximum atomic E-state index is 13.3. The van der Waals surface area contributed by atoms with Gasteiger partial charge in [-0.1, -0.05) is 18.2 Å². The first-order chi connectivity index (χ1) is 15.6. The van der Waals surface area contributed by atoms with Crippen molar-refractivity contribution >= 4 is 33.1 Å². The zero-order chi connectivity index (χ0) is 22.1. The number of carbonyl (C=O) groups is 1. The Morgan fingerprint density at radius 3 is 2.38 bits per heavy atom. The zero-order valence-corrected chi connectivity index (χ0v) is 17.9. The number of amides is 1. The Hall–Kier alpha value is -3.97. The molecule has 7 heteroatoms. The third-order valence-corrected chi connectivity index (χ3v) is 6.04. The Bertz CT molecular complexity index is 1390. The number of hydrogen-bond acceptors (Lipinski definition) is 4. The monoisotopic (exact) mass is 443 g/mol. The Labute approximate surface area is 187 Å². The van der Waals surface area contributed by atoms with Crippen LogP contribution in [0.2, 0.25) is 0 Å². The predicted molar refractivity (Wildman–Crippen MR) is 125 cm³/mol. The molecule has 5 nitrogen and oxygen atoms in total. The highest BCUT2D eigenvalue weighted by molar-refractivity contribution is 7.20. The van der Waals surface area contributed by atoms with Gasteiger partial charge in [0.1, 0.15) is 22.1 Å². The number of fused-ring (bicyclic) bond motifs is 1. The number of aromatic nitrogens is 2. The smallest absolute Gasteiger partial charge is 0.265 e. The van der Waals surface area contributed by atoms with E-state index in [9.17, 15) is 9.18 Å². The molecule has 5 rings (SSSR count). The number of ether oxygens (including phenoxy) is 1. The van der Waals surface area contributed by atoms with Gasteiger partial charge in [0.2, 0.25) is 0 Å². The second kappa shape index (κ2) is 8.28. The van der Waals surface area contributed by atoms with E-state index in [4.69, 9.17) is 4.74 Å². The Kier molecular flexibility index (Phi) is 5.17. The van der Waals surface area contributed by atoms with Crippen molar-refractivity contribution < 1.29 is 13.9 Å². The van der Waals surface area contributed by atoms with Gasteiger partial charge in [0.15, 0.2) is 0 Å². The van der Waals surface area contributed by atoms with Crippen LogP contribution in [-0.2, 0) is 0 Å². The molecule has 5 aromatic rings. The molecule has 0 bridgehead atoms. The minimum Gasteiger partial charge on any atom is -0.457 e. The lowest BCUT2D eigenvalue weighted by Gasteiger charge is -2.07. The summed E-state index contributed by atoms with van der Waals surface area (Å²) in [7, 11) is 0. The van der Waals surface area contributed by atoms with Gasteiger partial charge in [-0.3, -0.25) is 4.79 Å². The van der Waals surface area contributed by atoms with Gasteiger partial charge in [-0.05, 0) is 73.7 Å². The number of thiophene rings is 1. The van der Waals surface area contributed by atoms with Crippen molar-refractivity contribution in [3.63, 3.8) is 0 Å². The minimum absolute atomic E-state index is 0.201. The molecule has 0 aliphatic rings. The van der Waals surface area contributed by atoms with Crippen molar-refractivity contribution in [2.24, 2.45) is 0 Å². The maximum absolute atomic E-state index is 13.3. The zero-order valence-electron chi connectivity index (χ0n) is 17.1. The summed E-state index contributed by atoms with van der Waals surface area (Å²) in [5.41, 5.74) is 2.22. The largest absolute Gasteiger partial charge is 0.457 e. The van der Waals surface area contributed by atoms with Crippen LogP contribution in [0.15, 0.2) is 84.9 Å². The number of nitrogens with zero attached hydrogens (tertiary/aromatic N) is 2. The van der Waals surface area contributed by atoms with Gasteiger partial charge in [-0.2, -0.15) is 5.10 Å². The Morgan fingerprint density at radius 2 is 1.66 bits per heavy atom. The second-order valence-electron chi connectivity index (χ2n) is 7.20. The van der Waals surface area contributed by atoms with E-state index in [0.717, 1.165) is 27.3 Å². The Balaban J connectivity index is 1.35. The molecule has 0 atom stereocenters. The van der Waals surface area contributed by atoms with Gasteiger partial charge in [0.25, 0.3) is 5.91 Å². The number of carbonyl (C=O) groups excluding carboxylic acids is 1. The summed E-state index contributed by atoms with van der Waals surface area (Å²) < 4.78 is 20.8. The molecule has 2 aromatic heterocycles. The van der Waals surface area contributed by atoms with Crippen molar-refractivity contribution in [2.45, 2.75) is 6.92 Å². The third-order valence-electron chi connectivity index (χ3n) is 4.93. The number of rotatable bonds is 5. The molecular formula is C25H18FN3O2S. The molecule has 158 valence electrons. The molecule has 0 aliphatic heterocycles. The fraction of sp³-hybridized carbons (Fsp3) is 0.0400. The summed E-state index contributed by atoms with van der Waals surface area (Å²) in [6.45, 7) is 1.89. The van der Waals surface area contributed by atoms with Crippen LogP contribution < -0.4 is 10.1 Å². The summed E-state index contributed by atoms with van der Waals surface area (Å²) >= 11 is 1.35. The van der Waals surface area contributed by atoms with Crippen LogP contribution in [0.1, 0.15) is 15.4 Å². The number of nitrogens with one attached hydrogen (secondary N) is 1.